The van der Waals surface area contributed by atoms with E-state index in [1.165, 1.54) is 0 Å². The Bertz CT molecular complexity index is 1120. The van der Waals surface area contributed by atoms with Gasteiger partial charge in [-0.05, 0) is 48.5 Å². The van der Waals surface area contributed by atoms with Crippen LogP contribution in [0.3, 0.4) is 0 Å². The van der Waals surface area contributed by atoms with Crippen molar-refractivity contribution in [2.24, 2.45) is 0 Å². The standard InChI is InChI=1S/C22H17N3O3/c26-22(20-13-27-18-7-3-4-8-19(18)28-20)23-15-11-9-14(10-12-15)21-24-16-5-1-2-6-17(16)25-21/h1-12,20H,13H2,(H,23,26)(H,24,25). The fourth-order valence-corrected chi connectivity index (χ4v) is 3.17. The molecule has 28 heavy (non-hydrogen) atoms. The van der Waals surface area contributed by atoms with Crippen LogP contribution in [0.5, 0.6) is 11.5 Å². The van der Waals surface area contributed by atoms with Gasteiger partial charge in [-0.3, -0.25) is 4.79 Å². The Labute approximate surface area is 161 Å². The third kappa shape index (κ3) is 3.05. The fourth-order valence-electron chi connectivity index (χ4n) is 3.17. The Hall–Kier alpha value is -3.80. The van der Waals surface area contributed by atoms with Gasteiger partial charge in [0, 0.05) is 11.3 Å². The smallest absolute Gasteiger partial charge is 0.269 e. The zero-order chi connectivity index (χ0) is 18.9. The van der Waals surface area contributed by atoms with Gasteiger partial charge < -0.3 is 19.8 Å². The number of nitrogens with zero attached hydrogens (tertiary/aromatic N) is 1. The highest BCUT2D eigenvalue weighted by molar-refractivity contribution is 5.95. The maximum Gasteiger partial charge on any atom is 0.269 e. The van der Waals surface area contributed by atoms with Crippen LogP contribution < -0.4 is 14.8 Å². The van der Waals surface area contributed by atoms with Gasteiger partial charge in [0.25, 0.3) is 5.91 Å². The minimum atomic E-state index is -0.690. The van der Waals surface area contributed by atoms with Gasteiger partial charge in [-0.15, -0.1) is 0 Å². The van der Waals surface area contributed by atoms with E-state index in [1.807, 2.05) is 66.7 Å². The highest BCUT2D eigenvalue weighted by Gasteiger charge is 2.27. The number of carbonyl (C=O) groups excluding carboxylic acids is 1. The number of para-hydroxylation sites is 4. The lowest BCUT2D eigenvalue weighted by Gasteiger charge is -2.25. The van der Waals surface area contributed by atoms with Crippen molar-refractivity contribution in [2.45, 2.75) is 6.10 Å². The monoisotopic (exact) mass is 371 g/mol. The van der Waals surface area contributed by atoms with E-state index in [9.17, 15) is 4.79 Å². The Morgan fingerprint density at radius 2 is 1.71 bits per heavy atom. The molecule has 1 atom stereocenters. The second-order valence-electron chi connectivity index (χ2n) is 6.53. The minimum Gasteiger partial charge on any atom is -0.485 e. The number of carbonyl (C=O) groups is 1. The summed E-state index contributed by atoms with van der Waals surface area (Å²) in [6, 6.07) is 22.7. The number of amides is 1. The highest BCUT2D eigenvalue weighted by Crippen LogP contribution is 2.31. The van der Waals surface area contributed by atoms with Crippen molar-refractivity contribution in [2.75, 3.05) is 11.9 Å². The van der Waals surface area contributed by atoms with Gasteiger partial charge in [0.1, 0.15) is 12.4 Å². The van der Waals surface area contributed by atoms with Crippen LogP contribution >= 0.6 is 0 Å². The van der Waals surface area contributed by atoms with E-state index in [0.717, 1.165) is 22.4 Å². The Morgan fingerprint density at radius 3 is 2.54 bits per heavy atom. The summed E-state index contributed by atoms with van der Waals surface area (Å²) in [6.45, 7) is 0.180. The summed E-state index contributed by atoms with van der Waals surface area (Å²) in [7, 11) is 0. The average Bonchev–Trinajstić information content (AvgIpc) is 3.18. The Balaban J connectivity index is 1.29. The number of aromatic amines is 1. The number of imidazole rings is 1. The van der Waals surface area contributed by atoms with Crippen LogP contribution in [0.25, 0.3) is 22.4 Å². The van der Waals surface area contributed by atoms with Gasteiger partial charge >= 0.3 is 0 Å². The van der Waals surface area contributed by atoms with E-state index in [0.29, 0.717) is 17.2 Å². The predicted octanol–water partition coefficient (Wildman–Crippen LogP) is 4.01. The molecule has 5 rings (SSSR count). The normalized spacial score (nSPS) is 15.4. The molecule has 1 aromatic heterocycles. The zero-order valence-corrected chi connectivity index (χ0v) is 14.9. The van der Waals surface area contributed by atoms with Gasteiger partial charge in [0.15, 0.2) is 11.5 Å². The van der Waals surface area contributed by atoms with Gasteiger partial charge in [0.05, 0.1) is 11.0 Å². The van der Waals surface area contributed by atoms with Gasteiger partial charge in [-0.2, -0.15) is 0 Å². The molecule has 138 valence electrons. The molecule has 0 spiro atoms. The first-order chi connectivity index (χ1) is 13.8. The number of fused-ring (bicyclic) bond motifs is 2. The summed E-state index contributed by atoms with van der Waals surface area (Å²) in [5.74, 6) is 1.78. The second-order valence-corrected chi connectivity index (χ2v) is 6.53. The molecule has 1 amide bonds. The SMILES string of the molecule is O=C(Nc1ccc(-c2nc3ccccc3[nH]2)cc1)C1COc2ccccc2O1. The molecule has 0 bridgehead atoms. The lowest BCUT2D eigenvalue weighted by atomic mass is 10.2. The molecule has 0 aliphatic carbocycles. The number of hydrogen-bond acceptors (Lipinski definition) is 4. The maximum absolute atomic E-state index is 12.5. The van der Waals surface area contributed by atoms with Crippen LogP contribution in [0, 0.1) is 0 Å². The minimum absolute atomic E-state index is 0.180. The van der Waals surface area contributed by atoms with Crippen LogP contribution in [-0.2, 0) is 4.79 Å². The average molecular weight is 371 g/mol. The molecule has 6 nitrogen and oxygen atoms in total. The Morgan fingerprint density at radius 1 is 0.964 bits per heavy atom. The van der Waals surface area contributed by atoms with E-state index in [-0.39, 0.29) is 12.5 Å². The summed E-state index contributed by atoms with van der Waals surface area (Å²) in [6.07, 6.45) is -0.690. The number of ether oxygens (including phenoxy) is 2. The number of benzene rings is 3. The molecule has 0 radical (unpaired) electrons. The van der Waals surface area contributed by atoms with Gasteiger partial charge in [-0.1, -0.05) is 24.3 Å². The fraction of sp³-hybridized carbons (Fsp3) is 0.0909. The second kappa shape index (κ2) is 6.74. The third-order valence-corrected chi connectivity index (χ3v) is 4.62. The number of nitrogens with one attached hydrogen (secondary N) is 2. The van der Waals surface area contributed by atoms with E-state index < -0.39 is 6.10 Å². The first-order valence-electron chi connectivity index (χ1n) is 9.01. The lowest BCUT2D eigenvalue weighted by molar-refractivity contribution is -0.125. The van der Waals surface area contributed by atoms with Crippen molar-refractivity contribution >= 4 is 22.6 Å². The molecule has 2 heterocycles. The van der Waals surface area contributed by atoms with Crippen molar-refractivity contribution < 1.29 is 14.3 Å². The molecule has 1 unspecified atom stereocenters. The van der Waals surface area contributed by atoms with E-state index >= 15 is 0 Å². The van der Waals surface area contributed by atoms with Gasteiger partial charge in [0.2, 0.25) is 6.10 Å². The van der Waals surface area contributed by atoms with E-state index in [1.54, 1.807) is 6.07 Å². The first-order valence-corrected chi connectivity index (χ1v) is 9.01. The highest BCUT2D eigenvalue weighted by atomic mass is 16.6. The molecular weight excluding hydrogens is 354 g/mol. The summed E-state index contributed by atoms with van der Waals surface area (Å²) >= 11 is 0. The van der Waals surface area contributed by atoms with Crippen LogP contribution in [0.2, 0.25) is 0 Å². The largest absolute Gasteiger partial charge is 0.485 e. The Kier molecular flexibility index (Phi) is 3.94. The number of hydrogen-bond donors (Lipinski definition) is 2. The van der Waals surface area contributed by atoms with Crippen molar-refractivity contribution in [1.29, 1.82) is 0 Å². The van der Waals surface area contributed by atoms with E-state index in [2.05, 4.69) is 15.3 Å². The van der Waals surface area contributed by atoms with Crippen LogP contribution in [0.1, 0.15) is 0 Å². The molecule has 1 aliphatic rings. The molecule has 0 fully saturated rings. The van der Waals surface area contributed by atoms with Crippen LogP contribution in [-0.4, -0.2) is 28.6 Å². The summed E-state index contributed by atoms with van der Waals surface area (Å²) in [5, 5.41) is 2.87. The quantitative estimate of drug-likeness (QED) is 0.571. The summed E-state index contributed by atoms with van der Waals surface area (Å²) in [4.78, 5) is 20.4. The van der Waals surface area contributed by atoms with Crippen molar-refractivity contribution in [3.63, 3.8) is 0 Å². The molecule has 1 aliphatic heterocycles. The van der Waals surface area contributed by atoms with Crippen molar-refractivity contribution in [3.8, 4) is 22.9 Å². The van der Waals surface area contributed by atoms with Crippen LogP contribution in [0.15, 0.2) is 72.8 Å². The van der Waals surface area contributed by atoms with E-state index in [4.69, 9.17) is 9.47 Å². The topological polar surface area (TPSA) is 76.2 Å². The first kappa shape index (κ1) is 16.4. The maximum atomic E-state index is 12.5. The third-order valence-electron chi connectivity index (χ3n) is 4.62. The predicted molar refractivity (Wildman–Crippen MR) is 107 cm³/mol. The van der Waals surface area contributed by atoms with Crippen molar-refractivity contribution in [1.82, 2.24) is 9.97 Å². The van der Waals surface area contributed by atoms with Crippen LogP contribution in [0.4, 0.5) is 5.69 Å². The van der Waals surface area contributed by atoms with Gasteiger partial charge in [-0.25, -0.2) is 4.98 Å². The lowest BCUT2D eigenvalue weighted by Crippen LogP contribution is -2.40. The number of aromatic nitrogens is 2. The summed E-state index contributed by atoms with van der Waals surface area (Å²) in [5.41, 5.74) is 3.54. The number of rotatable bonds is 3. The zero-order valence-electron chi connectivity index (χ0n) is 14.9. The number of anilines is 1. The molecule has 0 saturated carbocycles. The molecule has 6 heteroatoms. The number of H-pyrrole nitrogens is 1. The van der Waals surface area contributed by atoms with Crippen molar-refractivity contribution in [3.05, 3.63) is 72.8 Å². The molecular formula is C22H17N3O3. The molecule has 2 N–H and O–H groups in total. The summed E-state index contributed by atoms with van der Waals surface area (Å²) < 4.78 is 11.3. The molecule has 4 aromatic rings. The molecule has 3 aromatic carbocycles. The molecule has 0 saturated heterocycles.